The van der Waals surface area contributed by atoms with E-state index in [9.17, 15) is 4.39 Å². The van der Waals surface area contributed by atoms with Crippen LogP contribution in [0.3, 0.4) is 0 Å². The molecule has 0 spiro atoms. The molecule has 0 unspecified atom stereocenters. The molecule has 0 aromatic heterocycles. The fraction of sp³-hybridized carbons (Fsp3) is 0.333. The molecule has 0 N–H and O–H groups in total. The topological polar surface area (TPSA) is 0 Å². The minimum Gasteiger partial charge on any atom is -0.207 e. The lowest BCUT2D eigenvalue weighted by molar-refractivity contribution is 0.614. The van der Waals surface area contributed by atoms with Gasteiger partial charge in [0.1, 0.15) is 10.7 Å². The van der Waals surface area contributed by atoms with E-state index in [1.165, 1.54) is 6.92 Å². The summed E-state index contributed by atoms with van der Waals surface area (Å²) in [7, 11) is 0. The Morgan fingerprint density at radius 3 is 2.12 bits per heavy atom. The van der Waals surface area contributed by atoms with Gasteiger partial charge >= 0.3 is 0 Å². The van der Waals surface area contributed by atoms with Crippen LogP contribution in [0.2, 0.25) is 5.02 Å². The van der Waals surface area contributed by atoms with Gasteiger partial charge in [-0.25, -0.2) is 4.39 Å². The summed E-state index contributed by atoms with van der Waals surface area (Å²) < 4.78 is 11.7. The highest BCUT2D eigenvalue weighted by Gasteiger charge is 2.30. The second-order valence-electron chi connectivity index (χ2n) is 3.06. The number of halogens is 7. The maximum Gasteiger partial charge on any atom is 0.217 e. The van der Waals surface area contributed by atoms with Crippen LogP contribution in [0, 0.1) is 12.7 Å². The third-order valence-corrected chi connectivity index (χ3v) is 3.48. The van der Waals surface area contributed by atoms with Gasteiger partial charge in [0.15, 0.2) is 0 Å². The number of rotatable bonds is 1. The van der Waals surface area contributed by atoms with Crippen LogP contribution >= 0.6 is 69.6 Å². The molecule has 0 aliphatic carbocycles. The number of benzene rings is 1. The summed E-state index contributed by atoms with van der Waals surface area (Å²) in [6.07, 6.45) is 0. The fourth-order valence-corrected chi connectivity index (χ4v) is 2.90. The molecule has 0 bridgehead atoms. The predicted octanol–water partition coefficient (Wildman–Crippen LogP) is 6.09. The van der Waals surface area contributed by atoms with Crippen LogP contribution < -0.4 is 0 Å². The summed E-state index contributed by atoms with van der Waals surface area (Å²) in [6.45, 7) is 1.50. The molecule has 0 heterocycles. The Kier molecular flexibility index (Phi) is 4.91. The number of hydrogen-bond acceptors (Lipinski definition) is 0. The molecule has 1 aromatic carbocycles. The second kappa shape index (κ2) is 5.26. The molecule has 7 heteroatoms. The van der Waals surface area contributed by atoms with Gasteiger partial charge < -0.3 is 0 Å². The van der Waals surface area contributed by atoms with E-state index in [1.54, 1.807) is 0 Å². The first-order chi connectivity index (χ1) is 7.16. The van der Waals surface area contributed by atoms with Crippen LogP contribution in [-0.4, -0.2) is 0 Å². The van der Waals surface area contributed by atoms with Gasteiger partial charge in [-0.05, 0) is 18.6 Å². The zero-order valence-electron chi connectivity index (χ0n) is 7.80. The summed E-state index contributed by atoms with van der Waals surface area (Å²) >= 11 is 34.3. The van der Waals surface area contributed by atoms with E-state index in [0.29, 0.717) is 0 Å². The van der Waals surface area contributed by atoms with Crippen molar-refractivity contribution in [2.45, 2.75) is 15.6 Å². The zero-order chi connectivity index (χ0) is 12.7. The van der Waals surface area contributed by atoms with E-state index in [2.05, 4.69) is 0 Å². The van der Waals surface area contributed by atoms with Crippen molar-refractivity contribution < 1.29 is 4.39 Å². The molecule has 1 rings (SSSR count). The summed E-state index contributed by atoms with van der Waals surface area (Å²) in [5.74, 6) is -0.577. The van der Waals surface area contributed by atoms with E-state index >= 15 is 0 Å². The molecule has 0 atom stereocenters. The van der Waals surface area contributed by atoms with Gasteiger partial charge in [-0.2, -0.15) is 0 Å². The average molecular weight is 345 g/mol. The fourth-order valence-electron chi connectivity index (χ4n) is 1.20. The minimum atomic E-state index is -1.83. The van der Waals surface area contributed by atoms with Crippen molar-refractivity contribution in [3.63, 3.8) is 0 Å². The van der Waals surface area contributed by atoms with Crippen molar-refractivity contribution in [2.75, 3.05) is 0 Å². The first-order valence-electron chi connectivity index (χ1n) is 4.00. The molecule has 0 aliphatic heterocycles. The van der Waals surface area contributed by atoms with E-state index in [0.717, 1.165) is 6.07 Å². The molecular formula is C9H5Cl6F. The molecule has 0 radical (unpaired) electrons. The molecular weight excluding hydrogens is 340 g/mol. The molecule has 0 amide bonds. The Hall–Kier alpha value is 0.890. The normalized spacial score (nSPS) is 12.3. The van der Waals surface area contributed by atoms with Crippen molar-refractivity contribution in [3.05, 3.63) is 33.6 Å². The number of alkyl halides is 5. The van der Waals surface area contributed by atoms with Crippen LogP contribution in [0.25, 0.3) is 0 Å². The Balaban J connectivity index is 3.57. The number of hydrogen-bond donors (Lipinski definition) is 0. The first kappa shape index (κ1) is 14.9. The third-order valence-electron chi connectivity index (χ3n) is 2.03. The average Bonchev–Trinajstić information content (AvgIpc) is 2.09. The standard InChI is InChI=1S/C9H5Cl6F/c1-3-5(16)2-4(9(13,14)15)7(10)6(3)8(11)12/h2,8H,1H3. The summed E-state index contributed by atoms with van der Waals surface area (Å²) in [6, 6.07) is 1.06. The van der Waals surface area contributed by atoms with Gasteiger partial charge in [0.05, 0.1) is 5.02 Å². The van der Waals surface area contributed by atoms with Crippen molar-refractivity contribution in [1.82, 2.24) is 0 Å². The molecule has 0 saturated heterocycles. The lowest BCUT2D eigenvalue weighted by atomic mass is 10.1. The summed E-state index contributed by atoms with van der Waals surface area (Å²) in [5.41, 5.74) is 0.466. The summed E-state index contributed by atoms with van der Waals surface area (Å²) in [5, 5.41) is 0.0638. The van der Waals surface area contributed by atoms with Gasteiger partial charge in [0.2, 0.25) is 3.79 Å². The molecule has 0 nitrogen and oxygen atoms in total. The van der Waals surface area contributed by atoms with Crippen LogP contribution in [0.5, 0.6) is 0 Å². The van der Waals surface area contributed by atoms with Gasteiger partial charge in [-0.15, -0.1) is 0 Å². The van der Waals surface area contributed by atoms with Crippen molar-refractivity contribution >= 4 is 69.6 Å². The van der Waals surface area contributed by atoms with E-state index in [1.807, 2.05) is 0 Å². The smallest absolute Gasteiger partial charge is 0.207 e. The Bertz CT molecular complexity index is 409. The molecule has 16 heavy (non-hydrogen) atoms. The lowest BCUT2D eigenvalue weighted by Crippen LogP contribution is -2.06. The molecule has 90 valence electrons. The highest BCUT2D eigenvalue weighted by atomic mass is 35.6. The highest BCUT2D eigenvalue weighted by Crippen LogP contribution is 2.46. The lowest BCUT2D eigenvalue weighted by Gasteiger charge is -2.18. The third kappa shape index (κ3) is 3.01. The quantitative estimate of drug-likeness (QED) is 0.541. The second-order valence-corrected chi connectivity index (χ2v) is 6.81. The Morgan fingerprint density at radius 1 is 1.25 bits per heavy atom. The zero-order valence-corrected chi connectivity index (χ0v) is 12.3. The van der Waals surface area contributed by atoms with Gasteiger partial charge in [0, 0.05) is 11.1 Å². The molecule has 0 aliphatic rings. The maximum absolute atomic E-state index is 13.6. The first-order valence-corrected chi connectivity index (χ1v) is 6.38. The monoisotopic (exact) mass is 342 g/mol. The minimum absolute atomic E-state index is 0.0172. The van der Waals surface area contributed by atoms with Gasteiger partial charge in [-0.3, -0.25) is 0 Å². The Labute approximate surface area is 123 Å². The predicted molar refractivity (Wildman–Crippen MR) is 69.8 cm³/mol. The van der Waals surface area contributed by atoms with Crippen molar-refractivity contribution in [1.29, 1.82) is 0 Å². The highest BCUT2D eigenvalue weighted by molar-refractivity contribution is 6.67. The molecule has 1 aromatic rings. The van der Waals surface area contributed by atoms with Crippen molar-refractivity contribution in [2.24, 2.45) is 0 Å². The van der Waals surface area contributed by atoms with Crippen LogP contribution in [0.15, 0.2) is 6.07 Å². The van der Waals surface area contributed by atoms with Crippen molar-refractivity contribution in [3.8, 4) is 0 Å². The largest absolute Gasteiger partial charge is 0.217 e. The molecule has 0 saturated carbocycles. The Morgan fingerprint density at radius 2 is 1.75 bits per heavy atom. The molecule has 0 fully saturated rings. The maximum atomic E-state index is 13.6. The SMILES string of the molecule is Cc1c(F)cc(C(Cl)(Cl)Cl)c(Cl)c1C(Cl)Cl. The van der Waals surface area contributed by atoms with E-state index < -0.39 is 14.4 Å². The van der Waals surface area contributed by atoms with Crippen LogP contribution in [0.1, 0.15) is 21.5 Å². The van der Waals surface area contributed by atoms with E-state index in [-0.39, 0.29) is 21.7 Å². The van der Waals surface area contributed by atoms with Gasteiger partial charge in [-0.1, -0.05) is 69.6 Å². The van der Waals surface area contributed by atoms with Crippen LogP contribution in [0.4, 0.5) is 4.39 Å². The van der Waals surface area contributed by atoms with E-state index in [4.69, 9.17) is 69.6 Å². The van der Waals surface area contributed by atoms with Gasteiger partial charge in [0.25, 0.3) is 0 Å². The summed E-state index contributed by atoms with van der Waals surface area (Å²) in [4.78, 5) is -0.991. The van der Waals surface area contributed by atoms with Crippen LogP contribution in [-0.2, 0) is 3.79 Å².